The first-order chi connectivity index (χ1) is 14.4. The molecule has 4 rings (SSSR count). The van der Waals surface area contributed by atoms with Gasteiger partial charge in [-0.05, 0) is 48.9 Å². The lowest BCUT2D eigenvalue weighted by molar-refractivity contribution is -0.116. The number of anilines is 3. The van der Waals surface area contributed by atoms with E-state index >= 15 is 0 Å². The largest absolute Gasteiger partial charge is 0.325 e. The molecule has 1 aliphatic rings. The summed E-state index contributed by atoms with van der Waals surface area (Å²) in [6, 6.07) is 17.5. The normalized spacial score (nSPS) is 15.5. The molecule has 0 saturated heterocycles. The van der Waals surface area contributed by atoms with Crippen molar-refractivity contribution in [2.75, 3.05) is 23.4 Å². The van der Waals surface area contributed by atoms with Crippen molar-refractivity contribution < 1.29 is 13.2 Å². The van der Waals surface area contributed by atoms with Crippen molar-refractivity contribution in [2.24, 2.45) is 0 Å². The first-order valence-electron chi connectivity index (χ1n) is 9.20. The minimum Gasteiger partial charge on any atom is -0.325 e. The number of aromatic nitrogens is 1. The van der Waals surface area contributed by atoms with Gasteiger partial charge in [0.1, 0.15) is 4.90 Å². The molecule has 7 nitrogen and oxygen atoms in total. The van der Waals surface area contributed by atoms with Crippen molar-refractivity contribution in [1.82, 2.24) is 9.29 Å². The highest BCUT2D eigenvalue weighted by atomic mass is 35.5. The van der Waals surface area contributed by atoms with E-state index in [0.717, 1.165) is 15.6 Å². The number of benzene rings is 2. The molecule has 0 aliphatic carbocycles. The van der Waals surface area contributed by atoms with Gasteiger partial charge in [-0.1, -0.05) is 35.9 Å². The molecule has 3 aromatic rings. The number of hydrogen-bond donors (Lipinski definition) is 1. The Morgan fingerprint density at radius 1 is 1.13 bits per heavy atom. The van der Waals surface area contributed by atoms with Gasteiger partial charge in [-0.15, -0.1) is 0 Å². The fourth-order valence-electron chi connectivity index (χ4n) is 3.20. The minimum absolute atomic E-state index is 0.0293. The molecule has 1 amide bonds. The van der Waals surface area contributed by atoms with Crippen LogP contribution in [0.15, 0.2) is 71.8 Å². The Kier molecular flexibility index (Phi) is 5.46. The number of nitrogens with zero attached hydrogens (tertiary/aromatic N) is 3. The molecule has 154 valence electrons. The monoisotopic (exact) mass is 442 g/mol. The first-order valence-corrected chi connectivity index (χ1v) is 11.0. The van der Waals surface area contributed by atoms with E-state index < -0.39 is 15.9 Å². The predicted octanol–water partition coefficient (Wildman–Crippen LogP) is 3.78. The van der Waals surface area contributed by atoms with Crippen LogP contribution in [0, 0.1) is 6.92 Å². The lowest BCUT2D eigenvalue weighted by Crippen LogP contribution is -2.47. The Balaban J connectivity index is 1.63. The van der Waals surface area contributed by atoms with Crippen LogP contribution in [-0.2, 0) is 14.8 Å². The number of nitrogens with one attached hydrogen (secondary N) is 1. The van der Waals surface area contributed by atoms with Crippen molar-refractivity contribution in [2.45, 2.75) is 11.8 Å². The SMILES string of the molecule is Cc1ccc(NC(=O)CN2CN(c3ccccc3)c3ncccc3S2(=O)=O)cc1Cl. The van der Waals surface area contributed by atoms with Crippen LogP contribution in [0.4, 0.5) is 17.2 Å². The molecule has 0 radical (unpaired) electrons. The van der Waals surface area contributed by atoms with Crippen molar-refractivity contribution >= 4 is 44.7 Å². The number of pyridine rings is 1. The molecule has 1 aromatic heterocycles. The zero-order valence-electron chi connectivity index (χ0n) is 16.1. The summed E-state index contributed by atoms with van der Waals surface area (Å²) in [5, 5.41) is 3.23. The summed E-state index contributed by atoms with van der Waals surface area (Å²) in [5.41, 5.74) is 2.17. The number of aryl methyl sites for hydroxylation is 1. The van der Waals surface area contributed by atoms with Gasteiger partial charge in [0.25, 0.3) is 0 Å². The van der Waals surface area contributed by atoms with E-state index in [1.54, 1.807) is 35.4 Å². The number of amides is 1. The quantitative estimate of drug-likeness (QED) is 0.664. The van der Waals surface area contributed by atoms with Crippen molar-refractivity contribution in [3.63, 3.8) is 0 Å². The van der Waals surface area contributed by atoms with Crippen LogP contribution in [0.2, 0.25) is 5.02 Å². The van der Waals surface area contributed by atoms with Gasteiger partial charge in [-0.3, -0.25) is 4.79 Å². The second kappa shape index (κ2) is 8.06. The third-order valence-electron chi connectivity index (χ3n) is 4.77. The maximum Gasteiger partial charge on any atom is 0.248 e. The summed E-state index contributed by atoms with van der Waals surface area (Å²) >= 11 is 6.11. The van der Waals surface area contributed by atoms with Gasteiger partial charge in [0.15, 0.2) is 5.82 Å². The van der Waals surface area contributed by atoms with Crippen LogP contribution in [0.25, 0.3) is 0 Å². The molecule has 0 spiro atoms. The van der Waals surface area contributed by atoms with E-state index in [9.17, 15) is 13.2 Å². The lowest BCUT2D eigenvalue weighted by Gasteiger charge is -2.36. The van der Waals surface area contributed by atoms with Crippen LogP contribution in [0.5, 0.6) is 0 Å². The molecule has 0 saturated carbocycles. The van der Waals surface area contributed by atoms with Gasteiger partial charge in [-0.2, -0.15) is 4.31 Å². The van der Waals surface area contributed by atoms with Crippen molar-refractivity contribution in [1.29, 1.82) is 0 Å². The zero-order chi connectivity index (χ0) is 21.3. The van der Waals surface area contributed by atoms with Gasteiger partial charge in [0.05, 0.1) is 13.2 Å². The summed E-state index contributed by atoms with van der Waals surface area (Å²) in [6.45, 7) is 1.49. The highest BCUT2D eigenvalue weighted by Gasteiger charge is 2.37. The Hall–Kier alpha value is -2.94. The van der Waals surface area contributed by atoms with E-state index in [2.05, 4.69) is 10.3 Å². The minimum atomic E-state index is -3.88. The van der Waals surface area contributed by atoms with Gasteiger partial charge >= 0.3 is 0 Å². The highest BCUT2D eigenvalue weighted by molar-refractivity contribution is 7.89. The molecule has 0 unspecified atom stereocenters. The third kappa shape index (κ3) is 3.89. The number of rotatable bonds is 4. The third-order valence-corrected chi connectivity index (χ3v) is 6.97. The number of hydrogen-bond acceptors (Lipinski definition) is 5. The molecule has 0 atom stereocenters. The standard InChI is InChI=1S/C21H19ClN4O3S/c1-15-9-10-16(12-18(15)22)24-20(27)13-25-14-26(17-6-3-2-4-7-17)21-19(30(25,28)29)8-5-11-23-21/h2-12H,13-14H2,1H3,(H,24,27). The summed E-state index contributed by atoms with van der Waals surface area (Å²) in [7, 11) is -3.88. The second-order valence-electron chi connectivity index (χ2n) is 6.86. The van der Waals surface area contributed by atoms with Crippen LogP contribution < -0.4 is 10.2 Å². The van der Waals surface area contributed by atoms with Crippen LogP contribution >= 0.6 is 11.6 Å². The highest BCUT2D eigenvalue weighted by Crippen LogP contribution is 2.35. The fourth-order valence-corrected chi connectivity index (χ4v) is 4.86. The van der Waals surface area contributed by atoms with Crippen LogP contribution in [0.1, 0.15) is 5.56 Å². The number of para-hydroxylation sites is 1. The predicted molar refractivity (Wildman–Crippen MR) is 116 cm³/mol. The van der Waals surface area contributed by atoms with Crippen LogP contribution in [-0.4, -0.2) is 36.8 Å². The average Bonchev–Trinajstić information content (AvgIpc) is 2.73. The number of fused-ring (bicyclic) bond motifs is 1. The molecule has 1 aliphatic heterocycles. The smallest absolute Gasteiger partial charge is 0.248 e. The number of carbonyl (C=O) groups is 1. The Labute approximate surface area is 180 Å². The van der Waals surface area contributed by atoms with E-state index in [0.29, 0.717) is 16.5 Å². The summed E-state index contributed by atoms with van der Waals surface area (Å²) in [4.78, 5) is 18.7. The summed E-state index contributed by atoms with van der Waals surface area (Å²) in [5.74, 6) is -0.121. The maximum absolute atomic E-state index is 13.1. The second-order valence-corrected chi connectivity index (χ2v) is 9.17. The summed E-state index contributed by atoms with van der Waals surface area (Å²) in [6.07, 6.45) is 1.55. The van der Waals surface area contributed by atoms with E-state index in [-0.39, 0.29) is 18.1 Å². The summed E-state index contributed by atoms with van der Waals surface area (Å²) < 4.78 is 27.4. The maximum atomic E-state index is 13.1. The van der Waals surface area contributed by atoms with Gasteiger partial charge in [0.2, 0.25) is 15.9 Å². The number of carbonyl (C=O) groups excluding carboxylic acids is 1. The molecule has 2 heterocycles. The fraction of sp³-hybridized carbons (Fsp3) is 0.143. The molecule has 30 heavy (non-hydrogen) atoms. The van der Waals surface area contributed by atoms with Gasteiger partial charge in [0, 0.05) is 22.6 Å². The molecule has 0 fully saturated rings. The van der Waals surface area contributed by atoms with Crippen molar-refractivity contribution in [3.05, 3.63) is 77.4 Å². The number of halogens is 1. The molecular weight excluding hydrogens is 424 g/mol. The van der Waals surface area contributed by atoms with E-state index in [4.69, 9.17) is 11.6 Å². The zero-order valence-corrected chi connectivity index (χ0v) is 17.7. The van der Waals surface area contributed by atoms with E-state index in [1.807, 2.05) is 37.3 Å². The van der Waals surface area contributed by atoms with Gasteiger partial charge in [-0.25, -0.2) is 13.4 Å². The molecule has 2 aromatic carbocycles. The van der Waals surface area contributed by atoms with Crippen LogP contribution in [0.3, 0.4) is 0 Å². The molecule has 9 heteroatoms. The number of sulfonamides is 1. The Morgan fingerprint density at radius 2 is 1.90 bits per heavy atom. The van der Waals surface area contributed by atoms with E-state index in [1.165, 1.54) is 6.07 Å². The topological polar surface area (TPSA) is 82.6 Å². The first kappa shape index (κ1) is 20.3. The Bertz CT molecular complexity index is 1200. The average molecular weight is 443 g/mol. The molecule has 0 bridgehead atoms. The Morgan fingerprint density at radius 3 is 2.63 bits per heavy atom. The van der Waals surface area contributed by atoms with Crippen molar-refractivity contribution in [3.8, 4) is 0 Å². The molecule has 1 N–H and O–H groups in total. The lowest BCUT2D eigenvalue weighted by atomic mass is 10.2. The van der Waals surface area contributed by atoms with Gasteiger partial charge < -0.3 is 10.2 Å². The molecular formula is C21H19ClN4O3S.